The molecule has 1 aromatic carbocycles. The van der Waals surface area contributed by atoms with Crippen LogP contribution in [-0.4, -0.2) is 11.3 Å². The van der Waals surface area contributed by atoms with Crippen molar-refractivity contribution in [3.8, 4) is 0 Å². The first-order valence-electron chi connectivity index (χ1n) is 4.42. The number of benzene rings is 1. The van der Waals surface area contributed by atoms with Gasteiger partial charge in [0.1, 0.15) is 6.29 Å². The molecule has 2 aromatic rings. The number of carbonyl (C=O) groups excluding carboxylic acids is 1. The van der Waals surface area contributed by atoms with E-state index in [1.165, 1.54) is 0 Å². The van der Waals surface area contributed by atoms with Gasteiger partial charge < -0.3 is 9.78 Å². The van der Waals surface area contributed by atoms with Gasteiger partial charge in [-0.25, -0.2) is 0 Å². The van der Waals surface area contributed by atoms with Gasteiger partial charge in [-0.05, 0) is 30.7 Å². The lowest BCUT2D eigenvalue weighted by Gasteiger charge is -1.92. The summed E-state index contributed by atoms with van der Waals surface area (Å²) < 4.78 is 0. The normalized spacial score (nSPS) is 10.7. The SMILES string of the molecule is Cc1c(CC=O)[nH]c2ccc(Cl)cc12. The molecule has 2 rings (SSSR count). The minimum Gasteiger partial charge on any atom is -0.358 e. The van der Waals surface area contributed by atoms with E-state index in [9.17, 15) is 4.79 Å². The molecule has 72 valence electrons. The Balaban J connectivity index is 2.67. The second-order valence-corrected chi connectivity index (χ2v) is 3.73. The highest BCUT2D eigenvalue weighted by molar-refractivity contribution is 6.31. The number of hydrogen-bond donors (Lipinski definition) is 1. The van der Waals surface area contributed by atoms with Gasteiger partial charge in [0.15, 0.2) is 0 Å². The Hall–Kier alpha value is -1.28. The van der Waals surface area contributed by atoms with E-state index >= 15 is 0 Å². The molecular weight excluding hydrogens is 198 g/mol. The average Bonchev–Trinajstić information content (AvgIpc) is 2.46. The molecule has 0 spiro atoms. The molecule has 0 aliphatic rings. The second-order valence-electron chi connectivity index (χ2n) is 3.29. The molecule has 0 unspecified atom stereocenters. The topological polar surface area (TPSA) is 32.9 Å². The molecule has 1 N–H and O–H groups in total. The number of aromatic amines is 1. The Labute approximate surface area is 86.9 Å². The molecule has 0 amide bonds. The van der Waals surface area contributed by atoms with Crippen molar-refractivity contribution in [1.82, 2.24) is 4.98 Å². The van der Waals surface area contributed by atoms with Crippen LogP contribution < -0.4 is 0 Å². The minimum absolute atomic E-state index is 0.429. The van der Waals surface area contributed by atoms with Crippen LogP contribution in [0.4, 0.5) is 0 Å². The van der Waals surface area contributed by atoms with Gasteiger partial charge >= 0.3 is 0 Å². The number of halogens is 1. The van der Waals surface area contributed by atoms with E-state index in [1.807, 2.05) is 25.1 Å². The van der Waals surface area contributed by atoms with Crippen molar-refractivity contribution in [2.24, 2.45) is 0 Å². The molecule has 0 bridgehead atoms. The van der Waals surface area contributed by atoms with Gasteiger partial charge in [-0.2, -0.15) is 0 Å². The summed E-state index contributed by atoms with van der Waals surface area (Å²) in [7, 11) is 0. The van der Waals surface area contributed by atoms with E-state index in [0.717, 1.165) is 33.5 Å². The third-order valence-corrected chi connectivity index (χ3v) is 2.65. The molecule has 3 heteroatoms. The zero-order chi connectivity index (χ0) is 10.1. The summed E-state index contributed by atoms with van der Waals surface area (Å²) in [5, 5.41) is 1.81. The van der Waals surface area contributed by atoms with E-state index in [4.69, 9.17) is 11.6 Å². The Morgan fingerprint density at radius 1 is 1.50 bits per heavy atom. The molecule has 0 saturated carbocycles. The predicted molar refractivity (Wildman–Crippen MR) is 57.8 cm³/mol. The molecule has 0 atom stereocenters. The Morgan fingerprint density at radius 3 is 3.00 bits per heavy atom. The first kappa shape index (κ1) is 9.28. The fourth-order valence-corrected chi connectivity index (χ4v) is 1.81. The number of aromatic nitrogens is 1. The molecule has 14 heavy (non-hydrogen) atoms. The molecule has 0 fully saturated rings. The van der Waals surface area contributed by atoms with Gasteiger partial charge in [-0.15, -0.1) is 0 Å². The average molecular weight is 208 g/mol. The van der Waals surface area contributed by atoms with Gasteiger partial charge in [0.25, 0.3) is 0 Å². The first-order valence-corrected chi connectivity index (χ1v) is 4.80. The van der Waals surface area contributed by atoms with Crippen molar-refractivity contribution in [3.05, 3.63) is 34.5 Å². The fraction of sp³-hybridized carbons (Fsp3) is 0.182. The second kappa shape index (κ2) is 3.46. The van der Waals surface area contributed by atoms with Crippen molar-refractivity contribution >= 4 is 28.8 Å². The van der Waals surface area contributed by atoms with E-state index in [0.29, 0.717) is 6.42 Å². The molecule has 0 radical (unpaired) electrons. The molecule has 0 aliphatic heterocycles. The summed E-state index contributed by atoms with van der Waals surface area (Å²) in [6.45, 7) is 1.99. The maximum Gasteiger partial charge on any atom is 0.125 e. The highest BCUT2D eigenvalue weighted by atomic mass is 35.5. The molecule has 0 saturated heterocycles. The zero-order valence-corrected chi connectivity index (χ0v) is 8.56. The van der Waals surface area contributed by atoms with Gasteiger partial charge in [-0.1, -0.05) is 11.6 Å². The predicted octanol–water partition coefficient (Wildman–Crippen LogP) is 2.87. The highest BCUT2D eigenvalue weighted by Gasteiger charge is 2.06. The number of carbonyl (C=O) groups is 1. The van der Waals surface area contributed by atoms with E-state index in [1.54, 1.807) is 0 Å². The van der Waals surface area contributed by atoms with Crippen LogP contribution in [0.1, 0.15) is 11.3 Å². The summed E-state index contributed by atoms with van der Waals surface area (Å²) >= 11 is 5.89. The number of aldehydes is 1. The van der Waals surface area contributed by atoms with Crippen molar-refractivity contribution in [3.63, 3.8) is 0 Å². The lowest BCUT2D eigenvalue weighted by Crippen LogP contribution is -1.87. The van der Waals surface area contributed by atoms with Gasteiger partial charge in [-0.3, -0.25) is 0 Å². The summed E-state index contributed by atoms with van der Waals surface area (Å²) in [5.41, 5.74) is 3.11. The third kappa shape index (κ3) is 1.42. The number of aryl methyl sites for hydroxylation is 1. The van der Waals surface area contributed by atoms with Crippen LogP contribution in [0.2, 0.25) is 5.02 Å². The van der Waals surface area contributed by atoms with Crippen molar-refractivity contribution in [1.29, 1.82) is 0 Å². The number of hydrogen-bond acceptors (Lipinski definition) is 1. The lowest BCUT2D eigenvalue weighted by atomic mass is 10.1. The van der Waals surface area contributed by atoms with Crippen molar-refractivity contribution < 1.29 is 4.79 Å². The van der Waals surface area contributed by atoms with Gasteiger partial charge in [0.05, 0.1) is 0 Å². The Kier molecular flexibility index (Phi) is 2.30. The van der Waals surface area contributed by atoms with E-state index in [2.05, 4.69) is 4.98 Å². The number of nitrogens with one attached hydrogen (secondary N) is 1. The quantitative estimate of drug-likeness (QED) is 0.755. The van der Waals surface area contributed by atoms with Crippen LogP contribution in [0.5, 0.6) is 0 Å². The van der Waals surface area contributed by atoms with Crippen LogP contribution >= 0.6 is 11.6 Å². The van der Waals surface area contributed by atoms with Crippen molar-refractivity contribution in [2.75, 3.05) is 0 Å². The summed E-state index contributed by atoms with van der Waals surface area (Å²) in [6, 6.07) is 5.68. The number of rotatable bonds is 2. The highest BCUT2D eigenvalue weighted by Crippen LogP contribution is 2.24. The maximum absolute atomic E-state index is 10.4. The van der Waals surface area contributed by atoms with Crippen LogP contribution in [0.15, 0.2) is 18.2 Å². The molecular formula is C11H10ClNO. The molecule has 2 nitrogen and oxygen atoms in total. The monoisotopic (exact) mass is 207 g/mol. The van der Waals surface area contributed by atoms with Gasteiger partial charge in [0.2, 0.25) is 0 Å². The standard InChI is InChI=1S/C11H10ClNO/c1-7-9-6-8(12)2-3-11(9)13-10(7)4-5-14/h2-3,5-6,13H,4H2,1H3. The fourth-order valence-electron chi connectivity index (χ4n) is 1.64. The lowest BCUT2D eigenvalue weighted by molar-refractivity contribution is -0.107. The van der Waals surface area contributed by atoms with Crippen LogP contribution in [0, 0.1) is 6.92 Å². The largest absolute Gasteiger partial charge is 0.358 e. The van der Waals surface area contributed by atoms with E-state index in [-0.39, 0.29) is 0 Å². The molecule has 0 aliphatic carbocycles. The summed E-state index contributed by atoms with van der Waals surface area (Å²) in [6.07, 6.45) is 1.33. The third-order valence-electron chi connectivity index (χ3n) is 2.41. The zero-order valence-electron chi connectivity index (χ0n) is 7.80. The smallest absolute Gasteiger partial charge is 0.125 e. The van der Waals surface area contributed by atoms with Crippen LogP contribution in [-0.2, 0) is 11.2 Å². The minimum atomic E-state index is 0.429. The summed E-state index contributed by atoms with van der Waals surface area (Å²) in [4.78, 5) is 13.6. The van der Waals surface area contributed by atoms with Crippen LogP contribution in [0.25, 0.3) is 10.9 Å². The van der Waals surface area contributed by atoms with Crippen molar-refractivity contribution in [2.45, 2.75) is 13.3 Å². The first-order chi connectivity index (χ1) is 6.72. The Morgan fingerprint density at radius 2 is 2.29 bits per heavy atom. The maximum atomic E-state index is 10.4. The van der Waals surface area contributed by atoms with E-state index < -0.39 is 0 Å². The molecule has 1 heterocycles. The van der Waals surface area contributed by atoms with Gasteiger partial charge in [0, 0.05) is 28.0 Å². The Bertz CT molecular complexity index is 487. The number of H-pyrrole nitrogens is 1. The molecule has 1 aromatic heterocycles. The number of fused-ring (bicyclic) bond motifs is 1. The van der Waals surface area contributed by atoms with Crippen LogP contribution in [0.3, 0.4) is 0 Å². The summed E-state index contributed by atoms with van der Waals surface area (Å²) in [5.74, 6) is 0.